The highest BCUT2D eigenvalue weighted by Crippen LogP contribution is 2.45. The average Bonchev–Trinajstić information content (AvgIpc) is 3.44. The maximum absolute atomic E-state index is 13.0. The first kappa shape index (κ1) is 19.7. The molecule has 0 saturated heterocycles. The molecule has 0 radical (unpaired) electrons. The molecule has 1 unspecified atom stereocenters. The van der Waals surface area contributed by atoms with Crippen LogP contribution in [0.3, 0.4) is 0 Å². The molecule has 8 nitrogen and oxygen atoms in total. The smallest absolute Gasteiger partial charge is 0.343 e. The minimum atomic E-state index is -0.631. The van der Waals surface area contributed by atoms with Crippen molar-refractivity contribution in [3.05, 3.63) is 61.1 Å². The Hall–Kier alpha value is -3.29. The van der Waals surface area contributed by atoms with E-state index in [0.29, 0.717) is 16.7 Å². The van der Waals surface area contributed by atoms with E-state index in [1.54, 1.807) is 30.7 Å². The Morgan fingerprint density at radius 3 is 2.74 bits per heavy atom. The number of benzene rings is 1. The van der Waals surface area contributed by atoms with E-state index >= 15 is 0 Å². The summed E-state index contributed by atoms with van der Waals surface area (Å²) in [5.74, 6) is -0.00181. The van der Waals surface area contributed by atoms with Gasteiger partial charge in [0.1, 0.15) is 5.56 Å². The average molecular weight is 436 g/mol. The third kappa shape index (κ3) is 3.17. The fraction of sp³-hybridized carbons (Fsp3) is 0.364. The van der Waals surface area contributed by atoms with Gasteiger partial charge in [0.15, 0.2) is 5.75 Å². The van der Waals surface area contributed by atoms with Gasteiger partial charge >= 0.3 is 5.97 Å². The van der Waals surface area contributed by atoms with Crippen molar-refractivity contribution in [2.45, 2.75) is 37.8 Å². The molecule has 2 aliphatic rings. The molecule has 1 atom stereocenters. The van der Waals surface area contributed by atoms with Gasteiger partial charge in [0.2, 0.25) is 5.43 Å². The minimum Gasteiger partial charge on any atom is -0.494 e. The zero-order chi connectivity index (χ0) is 21.7. The molecule has 158 valence electrons. The monoisotopic (exact) mass is 436 g/mol. The van der Waals surface area contributed by atoms with E-state index in [0.717, 1.165) is 36.1 Å². The van der Waals surface area contributed by atoms with E-state index < -0.39 is 5.97 Å². The summed E-state index contributed by atoms with van der Waals surface area (Å²) in [7, 11) is 2.88. The Morgan fingerprint density at radius 2 is 2.10 bits per heavy atom. The largest absolute Gasteiger partial charge is 0.494 e. The van der Waals surface area contributed by atoms with Crippen LogP contribution in [0.25, 0.3) is 31.8 Å². The first-order valence-electron chi connectivity index (χ1n) is 10.1. The van der Waals surface area contributed by atoms with E-state index in [1.807, 2.05) is 10.6 Å². The van der Waals surface area contributed by atoms with Crippen molar-refractivity contribution in [3.63, 3.8) is 0 Å². The number of carbonyl (C=O) groups excluding carboxylic acids is 1. The minimum absolute atomic E-state index is 0.0180. The molecule has 3 aromatic rings. The van der Waals surface area contributed by atoms with Crippen LogP contribution >= 0.6 is 11.3 Å². The number of fused-ring (bicyclic) bond motifs is 2. The number of aromatic nitrogens is 1. The first-order chi connectivity index (χ1) is 15.0. The van der Waals surface area contributed by atoms with Gasteiger partial charge in [-0.15, -0.1) is 11.3 Å². The zero-order valence-electron chi connectivity index (χ0n) is 17.1. The number of esters is 1. The lowest BCUT2D eigenvalue weighted by molar-refractivity contribution is 0.0598. The Kier molecular flexibility index (Phi) is 4.72. The van der Waals surface area contributed by atoms with Crippen LogP contribution in [0.1, 0.15) is 39.7 Å². The van der Waals surface area contributed by atoms with Crippen molar-refractivity contribution >= 4 is 28.2 Å². The predicted molar refractivity (Wildman–Crippen MR) is 118 cm³/mol. The van der Waals surface area contributed by atoms with Crippen molar-refractivity contribution in [1.82, 2.24) is 4.57 Å². The van der Waals surface area contributed by atoms with Gasteiger partial charge in [0, 0.05) is 38.5 Å². The molecular formula is C22H20N4O4S. The molecule has 2 aromatic heterocycles. The molecule has 1 aromatic carbocycles. The third-order valence-corrected chi connectivity index (χ3v) is 7.18. The molecule has 5 rings (SSSR count). The quantitative estimate of drug-likeness (QED) is 0.251. The highest BCUT2D eigenvalue weighted by Gasteiger charge is 2.30. The number of methoxy groups -OCH3 is 2. The summed E-state index contributed by atoms with van der Waals surface area (Å²) in [6, 6.07) is 5.99. The lowest BCUT2D eigenvalue weighted by Gasteiger charge is -2.17. The normalized spacial score (nSPS) is 17.3. The Bertz CT molecular complexity index is 1310. The van der Waals surface area contributed by atoms with Gasteiger partial charge in [-0.05, 0) is 55.0 Å². The van der Waals surface area contributed by atoms with Gasteiger partial charge in [-0.25, -0.2) is 4.79 Å². The summed E-state index contributed by atoms with van der Waals surface area (Å²) >= 11 is 1.66. The lowest BCUT2D eigenvalue weighted by atomic mass is 10.0. The van der Waals surface area contributed by atoms with Crippen molar-refractivity contribution < 1.29 is 14.3 Å². The predicted octanol–water partition coefficient (Wildman–Crippen LogP) is 4.64. The van der Waals surface area contributed by atoms with Gasteiger partial charge in [-0.3, -0.25) is 4.79 Å². The summed E-state index contributed by atoms with van der Waals surface area (Å²) in [6.07, 6.45) is 5.07. The molecule has 9 heteroatoms. The van der Waals surface area contributed by atoms with Crippen LogP contribution in [0.5, 0.6) is 5.75 Å². The van der Waals surface area contributed by atoms with E-state index in [1.165, 1.54) is 17.6 Å². The third-order valence-electron chi connectivity index (χ3n) is 5.95. The molecule has 0 bridgehead atoms. The van der Waals surface area contributed by atoms with Crippen LogP contribution in [0, 0.1) is 0 Å². The fourth-order valence-corrected chi connectivity index (χ4v) is 5.64. The Morgan fingerprint density at radius 1 is 1.29 bits per heavy atom. The number of nitrogens with zero attached hydrogens (tertiary/aromatic N) is 4. The van der Waals surface area contributed by atoms with Crippen LogP contribution in [0.2, 0.25) is 0 Å². The van der Waals surface area contributed by atoms with Crippen LogP contribution in [0.15, 0.2) is 34.3 Å². The second-order valence-electron chi connectivity index (χ2n) is 7.87. The number of thiophene rings is 1. The van der Waals surface area contributed by atoms with Gasteiger partial charge in [0.25, 0.3) is 0 Å². The lowest BCUT2D eigenvalue weighted by Crippen LogP contribution is -2.20. The molecule has 0 aliphatic heterocycles. The van der Waals surface area contributed by atoms with Crippen LogP contribution in [-0.2, 0) is 17.6 Å². The van der Waals surface area contributed by atoms with Crippen LogP contribution < -0.4 is 10.2 Å². The van der Waals surface area contributed by atoms with Gasteiger partial charge < -0.3 is 14.0 Å². The number of hydrogen-bond donors (Lipinski definition) is 0. The van der Waals surface area contributed by atoms with Crippen LogP contribution in [0.4, 0.5) is 0 Å². The summed E-state index contributed by atoms with van der Waals surface area (Å²) in [4.78, 5) is 30.4. The molecule has 0 spiro atoms. The number of azide groups is 1. The molecule has 1 fully saturated rings. The fourth-order valence-electron chi connectivity index (χ4n) is 4.35. The van der Waals surface area contributed by atoms with Crippen molar-refractivity contribution in [2.75, 3.05) is 14.2 Å². The highest BCUT2D eigenvalue weighted by molar-refractivity contribution is 7.15. The number of ether oxygens (including phenoxy) is 2. The number of hydrogen-bond acceptors (Lipinski definition) is 6. The maximum Gasteiger partial charge on any atom is 0.343 e. The van der Waals surface area contributed by atoms with Gasteiger partial charge in [0.05, 0.1) is 25.1 Å². The van der Waals surface area contributed by atoms with Crippen molar-refractivity contribution in [2.24, 2.45) is 5.11 Å². The molecule has 2 aliphatic carbocycles. The van der Waals surface area contributed by atoms with E-state index in [9.17, 15) is 9.59 Å². The summed E-state index contributed by atoms with van der Waals surface area (Å²) in [5, 5.41) is 4.30. The summed E-state index contributed by atoms with van der Waals surface area (Å²) in [5.41, 5.74) is 11.2. The second-order valence-corrected chi connectivity index (χ2v) is 9.01. The number of pyridine rings is 1. The van der Waals surface area contributed by atoms with Crippen LogP contribution in [-0.4, -0.2) is 30.8 Å². The Balaban J connectivity index is 1.69. The van der Waals surface area contributed by atoms with E-state index in [2.05, 4.69) is 16.1 Å². The molecular weight excluding hydrogens is 416 g/mol. The molecule has 0 amide bonds. The second kappa shape index (κ2) is 7.44. The SMILES string of the molecule is COC(=O)c1cn(C2CC2)c2c(OC)c(-c3cc4c(s3)CC(N=[N+]=[N-])C4)ccc2c1=O. The zero-order valence-corrected chi connectivity index (χ0v) is 17.9. The van der Waals surface area contributed by atoms with E-state index in [-0.39, 0.29) is 23.1 Å². The number of carbonyl (C=O) groups is 1. The highest BCUT2D eigenvalue weighted by atomic mass is 32.1. The Labute approximate surface area is 181 Å². The molecule has 31 heavy (non-hydrogen) atoms. The maximum atomic E-state index is 13.0. The molecule has 2 heterocycles. The number of rotatable bonds is 5. The van der Waals surface area contributed by atoms with Gasteiger partial charge in [-0.1, -0.05) is 5.11 Å². The first-order valence-corrected chi connectivity index (χ1v) is 10.9. The van der Waals surface area contributed by atoms with Gasteiger partial charge in [-0.2, -0.15) is 0 Å². The van der Waals surface area contributed by atoms with Crippen molar-refractivity contribution in [1.29, 1.82) is 0 Å². The standard InChI is InChI=1S/C22H20N4O4S/c1-29-21-14(18-8-11-7-12(24-25-23)9-17(11)31-18)5-6-15-19(21)26(13-3-4-13)10-16(20(15)27)22(28)30-2/h5-6,8,10,12-13H,3-4,7,9H2,1-2H3. The summed E-state index contributed by atoms with van der Waals surface area (Å²) in [6.45, 7) is 0. The molecule has 1 saturated carbocycles. The molecule has 0 N–H and O–H groups in total. The van der Waals surface area contributed by atoms with E-state index in [4.69, 9.17) is 15.0 Å². The topological polar surface area (TPSA) is 106 Å². The summed E-state index contributed by atoms with van der Waals surface area (Å²) < 4.78 is 12.6. The van der Waals surface area contributed by atoms with Crippen molar-refractivity contribution in [3.8, 4) is 16.2 Å².